The van der Waals surface area contributed by atoms with Gasteiger partial charge in [-0.1, -0.05) is 67.6 Å². The van der Waals surface area contributed by atoms with E-state index < -0.39 is 11.5 Å². The molecular weight excluding hydrogens is 328 g/mol. The van der Waals surface area contributed by atoms with E-state index in [-0.39, 0.29) is 5.78 Å². The van der Waals surface area contributed by atoms with Gasteiger partial charge in [-0.2, -0.15) is 11.3 Å². The molecule has 0 saturated carbocycles. The van der Waals surface area contributed by atoms with E-state index in [9.17, 15) is 9.90 Å². The predicted molar refractivity (Wildman–Crippen MR) is 102 cm³/mol. The van der Waals surface area contributed by atoms with Gasteiger partial charge < -0.3 is 5.11 Å². The molecule has 124 valence electrons. The molecule has 3 aromatic rings. The Morgan fingerprint density at radius 3 is 2.16 bits per heavy atom. The van der Waals surface area contributed by atoms with Crippen LogP contribution >= 0.6 is 11.3 Å². The lowest BCUT2D eigenvalue weighted by Crippen LogP contribution is -2.33. The monoisotopic (exact) mass is 346 g/mol. The van der Waals surface area contributed by atoms with Crippen LogP contribution in [0.15, 0.2) is 77.5 Å². The van der Waals surface area contributed by atoms with Gasteiger partial charge in [0, 0.05) is 11.1 Å². The molecule has 25 heavy (non-hydrogen) atoms. The molecule has 2 nitrogen and oxygen atoms in total. The number of ketones is 1. The molecule has 0 saturated heterocycles. The van der Waals surface area contributed by atoms with Crippen molar-refractivity contribution in [1.82, 2.24) is 0 Å². The number of benzene rings is 2. The Hall–Kier alpha value is -2.49. The summed E-state index contributed by atoms with van der Waals surface area (Å²) in [4.78, 5) is 13.2. The van der Waals surface area contributed by atoms with E-state index in [1.807, 2.05) is 84.4 Å². The predicted octanol–water partition coefficient (Wildman–Crippen LogP) is 4.77. The average molecular weight is 346 g/mol. The number of Topliss-reactive ketones (excluding diaryl/α,β-unsaturated/α-hetero) is 1. The fourth-order valence-electron chi connectivity index (χ4n) is 3.69. The summed E-state index contributed by atoms with van der Waals surface area (Å²) in [6.07, 6.45) is 0. The topological polar surface area (TPSA) is 37.3 Å². The zero-order valence-corrected chi connectivity index (χ0v) is 14.7. The molecule has 1 aliphatic rings. The Morgan fingerprint density at radius 1 is 0.920 bits per heavy atom. The maximum absolute atomic E-state index is 13.2. The molecule has 3 heteroatoms. The normalized spacial score (nSPS) is 23.3. The number of aliphatic hydroxyl groups is 1. The first-order valence-corrected chi connectivity index (χ1v) is 9.23. The fourth-order valence-corrected chi connectivity index (χ4v) is 4.33. The molecule has 1 N–H and O–H groups in total. The standard InChI is InChI=1S/C22H18O2S/c1-15-21(23)19(17-12-13-25-14-17)20(16-8-4-2-5-9-16)22(15,24)18-10-6-3-7-11-18/h2-15,24H,1H3/t15-,22+/m1/s1. The van der Waals surface area contributed by atoms with Gasteiger partial charge in [-0.05, 0) is 33.5 Å². The van der Waals surface area contributed by atoms with E-state index in [4.69, 9.17) is 0 Å². The number of hydrogen-bond donors (Lipinski definition) is 1. The molecule has 0 radical (unpaired) electrons. The highest BCUT2D eigenvalue weighted by Crippen LogP contribution is 2.53. The SMILES string of the molecule is C[C@@H]1C(=O)C(c2ccsc2)=C(c2ccccc2)[C@@]1(O)c1ccccc1. The van der Waals surface area contributed by atoms with Crippen LogP contribution in [0, 0.1) is 5.92 Å². The second kappa shape index (κ2) is 6.10. The number of hydrogen-bond acceptors (Lipinski definition) is 3. The third-order valence-electron chi connectivity index (χ3n) is 4.98. The lowest BCUT2D eigenvalue weighted by molar-refractivity contribution is -0.121. The summed E-state index contributed by atoms with van der Waals surface area (Å²) in [6, 6.07) is 21.2. The summed E-state index contributed by atoms with van der Waals surface area (Å²) in [5.41, 5.74) is 2.51. The highest BCUT2D eigenvalue weighted by molar-refractivity contribution is 7.08. The summed E-state index contributed by atoms with van der Waals surface area (Å²) in [5, 5.41) is 15.7. The molecule has 4 rings (SSSR count). The van der Waals surface area contributed by atoms with Crippen molar-refractivity contribution in [1.29, 1.82) is 0 Å². The first-order chi connectivity index (χ1) is 12.1. The van der Waals surface area contributed by atoms with E-state index in [1.54, 1.807) is 11.3 Å². The van der Waals surface area contributed by atoms with Crippen LogP contribution in [0.4, 0.5) is 0 Å². The summed E-state index contributed by atoms with van der Waals surface area (Å²) in [6.45, 7) is 1.82. The van der Waals surface area contributed by atoms with Gasteiger partial charge in [0.25, 0.3) is 0 Å². The van der Waals surface area contributed by atoms with E-state index in [0.29, 0.717) is 11.1 Å². The minimum Gasteiger partial charge on any atom is -0.380 e. The van der Waals surface area contributed by atoms with Crippen molar-refractivity contribution in [2.75, 3.05) is 0 Å². The Labute approximate surface area is 151 Å². The van der Waals surface area contributed by atoms with Gasteiger partial charge in [-0.3, -0.25) is 4.79 Å². The third-order valence-corrected chi connectivity index (χ3v) is 5.67. The number of carbonyl (C=O) groups is 1. The highest BCUT2D eigenvalue weighted by atomic mass is 32.1. The third kappa shape index (κ3) is 2.39. The second-order valence-corrected chi connectivity index (χ2v) is 7.13. The fraction of sp³-hybridized carbons (Fsp3) is 0.136. The van der Waals surface area contributed by atoms with Crippen LogP contribution in [0.2, 0.25) is 0 Å². The summed E-state index contributed by atoms with van der Waals surface area (Å²) < 4.78 is 0. The van der Waals surface area contributed by atoms with Crippen molar-refractivity contribution in [3.63, 3.8) is 0 Å². The van der Waals surface area contributed by atoms with Gasteiger partial charge in [0.2, 0.25) is 0 Å². The first kappa shape index (κ1) is 16.0. The Bertz CT molecular complexity index is 927. The Kier molecular flexibility index (Phi) is 3.91. The number of carbonyl (C=O) groups excluding carboxylic acids is 1. The first-order valence-electron chi connectivity index (χ1n) is 8.29. The second-order valence-electron chi connectivity index (χ2n) is 6.35. The van der Waals surface area contributed by atoms with E-state index in [1.165, 1.54) is 0 Å². The quantitative estimate of drug-likeness (QED) is 0.742. The maximum atomic E-state index is 13.2. The molecular formula is C22H18O2S. The molecule has 0 spiro atoms. The summed E-state index contributed by atoms with van der Waals surface area (Å²) >= 11 is 1.55. The molecule has 2 aromatic carbocycles. The molecule has 0 amide bonds. The van der Waals surface area contributed by atoms with E-state index >= 15 is 0 Å². The molecule has 0 unspecified atom stereocenters. The van der Waals surface area contributed by atoms with Crippen molar-refractivity contribution in [3.05, 3.63) is 94.2 Å². The molecule has 0 fully saturated rings. The molecule has 0 aliphatic heterocycles. The van der Waals surface area contributed by atoms with Crippen LogP contribution in [0.5, 0.6) is 0 Å². The van der Waals surface area contributed by atoms with Crippen molar-refractivity contribution < 1.29 is 9.90 Å². The smallest absolute Gasteiger partial charge is 0.170 e. The lowest BCUT2D eigenvalue weighted by atomic mass is 9.78. The molecule has 1 heterocycles. The van der Waals surface area contributed by atoms with Gasteiger partial charge in [-0.15, -0.1) is 0 Å². The van der Waals surface area contributed by atoms with Gasteiger partial charge in [0.15, 0.2) is 5.78 Å². The molecule has 2 atom stereocenters. The van der Waals surface area contributed by atoms with E-state index in [2.05, 4.69) is 0 Å². The molecule has 1 aromatic heterocycles. The molecule has 1 aliphatic carbocycles. The lowest BCUT2D eigenvalue weighted by Gasteiger charge is -2.31. The van der Waals surface area contributed by atoms with Crippen LogP contribution < -0.4 is 0 Å². The van der Waals surface area contributed by atoms with Crippen molar-refractivity contribution in [2.24, 2.45) is 5.92 Å². The minimum atomic E-state index is -1.34. The highest BCUT2D eigenvalue weighted by Gasteiger charge is 2.52. The van der Waals surface area contributed by atoms with Crippen LogP contribution in [-0.4, -0.2) is 10.9 Å². The van der Waals surface area contributed by atoms with Gasteiger partial charge in [-0.25, -0.2) is 0 Å². The van der Waals surface area contributed by atoms with Gasteiger partial charge in [0.1, 0.15) is 5.60 Å². The van der Waals surface area contributed by atoms with Gasteiger partial charge >= 0.3 is 0 Å². The molecule has 0 bridgehead atoms. The van der Waals surface area contributed by atoms with Crippen LogP contribution in [0.3, 0.4) is 0 Å². The van der Waals surface area contributed by atoms with Crippen molar-refractivity contribution in [2.45, 2.75) is 12.5 Å². The average Bonchev–Trinajstić information content (AvgIpc) is 3.25. The summed E-state index contributed by atoms with van der Waals surface area (Å²) in [5.74, 6) is -0.552. The number of thiophene rings is 1. The Balaban J connectivity index is 2.05. The summed E-state index contributed by atoms with van der Waals surface area (Å²) in [7, 11) is 0. The van der Waals surface area contributed by atoms with Crippen LogP contribution in [0.1, 0.15) is 23.6 Å². The maximum Gasteiger partial charge on any atom is 0.170 e. The van der Waals surface area contributed by atoms with E-state index in [0.717, 1.165) is 16.7 Å². The number of allylic oxidation sites excluding steroid dienone is 1. The van der Waals surface area contributed by atoms with Gasteiger partial charge in [0.05, 0.1) is 5.92 Å². The zero-order chi connectivity index (χ0) is 17.4. The van der Waals surface area contributed by atoms with Crippen LogP contribution in [0.25, 0.3) is 11.1 Å². The van der Waals surface area contributed by atoms with Crippen LogP contribution in [-0.2, 0) is 10.4 Å². The largest absolute Gasteiger partial charge is 0.380 e. The van der Waals surface area contributed by atoms with Crippen molar-refractivity contribution >= 4 is 28.3 Å². The Morgan fingerprint density at radius 2 is 1.56 bits per heavy atom. The van der Waals surface area contributed by atoms with Crippen molar-refractivity contribution in [3.8, 4) is 0 Å². The minimum absolute atomic E-state index is 0.0105. The zero-order valence-electron chi connectivity index (χ0n) is 13.8. The number of rotatable bonds is 3.